The summed E-state index contributed by atoms with van der Waals surface area (Å²) in [7, 11) is 0. The van der Waals surface area contributed by atoms with Crippen molar-refractivity contribution in [2.24, 2.45) is 0 Å². The molecule has 0 unspecified atom stereocenters. The van der Waals surface area contributed by atoms with E-state index in [-0.39, 0.29) is 17.8 Å². The van der Waals surface area contributed by atoms with Gasteiger partial charge >= 0.3 is 0 Å². The highest BCUT2D eigenvalue weighted by atomic mass is 19.1. The Hall–Kier alpha value is -2.14. The Morgan fingerprint density at radius 2 is 2.10 bits per heavy atom. The first-order chi connectivity index (χ1) is 9.65. The van der Waals surface area contributed by atoms with Gasteiger partial charge in [-0.15, -0.1) is 0 Å². The number of rotatable bonds is 6. The molecule has 1 atom stereocenters. The average molecular weight is 277 g/mol. The summed E-state index contributed by atoms with van der Waals surface area (Å²) in [6.45, 7) is 2.71. The molecule has 3 N–H and O–H groups in total. The summed E-state index contributed by atoms with van der Waals surface area (Å²) < 4.78 is 18.0. The maximum atomic E-state index is 12.7. The standard InChI is InChI=1S/C15H17FN2O2/c1-11(14-3-2-8-20-14)17-10-15(19)18-9-12-4-6-13(16)7-5-12/h2-8,11,17H,9-10H2,1H3,(H,18,19)/p+1/t11-/m0/s1. The van der Waals surface area contributed by atoms with Gasteiger partial charge in [-0.25, -0.2) is 4.39 Å². The molecule has 2 rings (SSSR count). The van der Waals surface area contributed by atoms with Crippen molar-refractivity contribution in [2.45, 2.75) is 19.5 Å². The van der Waals surface area contributed by atoms with E-state index >= 15 is 0 Å². The fourth-order valence-corrected chi connectivity index (χ4v) is 1.83. The van der Waals surface area contributed by atoms with Crippen LogP contribution in [0, 0.1) is 5.82 Å². The van der Waals surface area contributed by atoms with Gasteiger partial charge in [-0.1, -0.05) is 12.1 Å². The quantitative estimate of drug-likeness (QED) is 0.837. The van der Waals surface area contributed by atoms with Crippen LogP contribution in [0.4, 0.5) is 4.39 Å². The number of nitrogens with two attached hydrogens (primary N) is 1. The summed E-state index contributed by atoms with van der Waals surface area (Å²) in [6, 6.07) is 9.89. The van der Waals surface area contributed by atoms with Gasteiger partial charge in [0.05, 0.1) is 6.26 Å². The zero-order valence-corrected chi connectivity index (χ0v) is 11.3. The molecular formula is C15H18FN2O2+. The number of benzene rings is 1. The smallest absolute Gasteiger partial charge is 0.275 e. The Kier molecular flexibility index (Phi) is 4.90. The van der Waals surface area contributed by atoms with Crippen LogP contribution in [0.25, 0.3) is 0 Å². The highest BCUT2D eigenvalue weighted by molar-refractivity contribution is 5.76. The van der Waals surface area contributed by atoms with Gasteiger partial charge in [-0.05, 0) is 36.8 Å². The van der Waals surface area contributed by atoms with E-state index in [2.05, 4.69) is 5.32 Å². The molecule has 20 heavy (non-hydrogen) atoms. The fourth-order valence-electron chi connectivity index (χ4n) is 1.83. The predicted molar refractivity (Wildman–Crippen MR) is 72.2 cm³/mol. The Morgan fingerprint density at radius 1 is 1.35 bits per heavy atom. The van der Waals surface area contributed by atoms with Crippen molar-refractivity contribution in [3.63, 3.8) is 0 Å². The van der Waals surface area contributed by atoms with Gasteiger partial charge in [-0.2, -0.15) is 0 Å². The highest BCUT2D eigenvalue weighted by Gasteiger charge is 2.13. The molecule has 106 valence electrons. The zero-order valence-electron chi connectivity index (χ0n) is 11.3. The molecule has 2 aromatic rings. The summed E-state index contributed by atoms with van der Waals surface area (Å²) in [5, 5.41) is 4.70. The number of quaternary nitrogens is 1. The van der Waals surface area contributed by atoms with E-state index in [1.165, 1.54) is 12.1 Å². The number of carbonyl (C=O) groups is 1. The third-order valence-electron chi connectivity index (χ3n) is 3.05. The van der Waals surface area contributed by atoms with Gasteiger partial charge in [0.15, 0.2) is 12.3 Å². The molecular weight excluding hydrogens is 259 g/mol. The molecule has 0 saturated carbocycles. The number of hydrogen-bond acceptors (Lipinski definition) is 2. The topological polar surface area (TPSA) is 58.9 Å². The van der Waals surface area contributed by atoms with Crippen LogP contribution in [0.15, 0.2) is 47.1 Å². The molecule has 0 fully saturated rings. The van der Waals surface area contributed by atoms with E-state index < -0.39 is 0 Å². The van der Waals surface area contributed by atoms with Crippen molar-refractivity contribution in [3.8, 4) is 0 Å². The molecule has 0 radical (unpaired) electrons. The minimum atomic E-state index is -0.277. The summed E-state index contributed by atoms with van der Waals surface area (Å²) in [4.78, 5) is 11.7. The molecule has 0 aliphatic carbocycles. The molecule has 1 heterocycles. The fraction of sp³-hybridized carbons (Fsp3) is 0.267. The van der Waals surface area contributed by atoms with Gasteiger partial charge in [-0.3, -0.25) is 4.79 Å². The van der Waals surface area contributed by atoms with Crippen LogP contribution in [0.1, 0.15) is 24.3 Å². The van der Waals surface area contributed by atoms with Crippen molar-refractivity contribution < 1.29 is 18.9 Å². The Balaban J connectivity index is 1.71. The number of furan rings is 1. The lowest BCUT2D eigenvalue weighted by Gasteiger charge is -2.08. The minimum Gasteiger partial charge on any atom is -0.463 e. The molecule has 0 bridgehead atoms. The summed E-state index contributed by atoms with van der Waals surface area (Å²) in [5.41, 5.74) is 0.874. The van der Waals surface area contributed by atoms with Gasteiger partial charge in [0.2, 0.25) is 0 Å². The monoisotopic (exact) mass is 277 g/mol. The molecule has 5 heteroatoms. The molecule has 1 aromatic heterocycles. The molecule has 1 amide bonds. The van der Waals surface area contributed by atoms with Crippen LogP contribution in [0.5, 0.6) is 0 Å². The van der Waals surface area contributed by atoms with Crippen LogP contribution >= 0.6 is 0 Å². The largest absolute Gasteiger partial charge is 0.463 e. The maximum absolute atomic E-state index is 12.7. The number of halogens is 1. The lowest BCUT2D eigenvalue weighted by Crippen LogP contribution is -2.86. The van der Waals surface area contributed by atoms with Crippen LogP contribution in [0.3, 0.4) is 0 Å². The van der Waals surface area contributed by atoms with E-state index in [0.29, 0.717) is 13.1 Å². The predicted octanol–water partition coefficient (Wildman–Crippen LogP) is 1.36. The van der Waals surface area contributed by atoms with Crippen molar-refractivity contribution in [1.82, 2.24) is 5.32 Å². The highest BCUT2D eigenvalue weighted by Crippen LogP contribution is 2.07. The molecule has 0 saturated heterocycles. The number of carbonyl (C=O) groups excluding carboxylic acids is 1. The van der Waals surface area contributed by atoms with Crippen molar-refractivity contribution in [1.29, 1.82) is 0 Å². The van der Waals surface area contributed by atoms with Gasteiger partial charge in [0.1, 0.15) is 11.9 Å². The third kappa shape index (κ3) is 4.20. The molecule has 0 aliphatic heterocycles. The Labute approximate surface area is 117 Å². The van der Waals surface area contributed by atoms with Crippen molar-refractivity contribution in [3.05, 3.63) is 59.8 Å². The number of nitrogens with one attached hydrogen (secondary N) is 1. The van der Waals surface area contributed by atoms with Crippen molar-refractivity contribution >= 4 is 5.91 Å². The third-order valence-corrected chi connectivity index (χ3v) is 3.05. The van der Waals surface area contributed by atoms with Crippen LogP contribution in [-0.2, 0) is 11.3 Å². The first-order valence-corrected chi connectivity index (χ1v) is 6.53. The molecule has 1 aromatic carbocycles. The van der Waals surface area contributed by atoms with Gasteiger partial charge < -0.3 is 15.1 Å². The second-order valence-electron chi connectivity index (χ2n) is 4.65. The van der Waals surface area contributed by atoms with Gasteiger partial charge in [0, 0.05) is 6.54 Å². The Bertz CT molecular complexity index is 538. The molecule has 0 spiro atoms. The zero-order chi connectivity index (χ0) is 14.4. The first kappa shape index (κ1) is 14.3. The second-order valence-corrected chi connectivity index (χ2v) is 4.65. The SMILES string of the molecule is C[C@H]([NH2+]CC(=O)NCc1ccc(F)cc1)c1ccco1. The first-order valence-electron chi connectivity index (χ1n) is 6.53. The van der Waals surface area contributed by atoms with Crippen LogP contribution < -0.4 is 10.6 Å². The average Bonchev–Trinajstić information content (AvgIpc) is 2.98. The van der Waals surface area contributed by atoms with Crippen LogP contribution in [-0.4, -0.2) is 12.5 Å². The Morgan fingerprint density at radius 3 is 2.75 bits per heavy atom. The number of hydrogen-bond donors (Lipinski definition) is 2. The maximum Gasteiger partial charge on any atom is 0.275 e. The summed E-state index contributed by atoms with van der Waals surface area (Å²) >= 11 is 0. The normalized spacial score (nSPS) is 12.1. The van der Waals surface area contributed by atoms with E-state index in [4.69, 9.17) is 4.42 Å². The summed E-state index contributed by atoms with van der Waals surface area (Å²) in [6.07, 6.45) is 1.62. The van der Waals surface area contributed by atoms with E-state index in [1.807, 2.05) is 24.4 Å². The van der Waals surface area contributed by atoms with Gasteiger partial charge in [0.25, 0.3) is 5.91 Å². The molecule has 4 nitrogen and oxygen atoms in total. The number of amides is 1. The lowest BCUT2D eigenvalue weighted by atomic mass is 10.2. The minimum absolute atomic E-state index is 0.0623. The molecule has 0 aliphatic rings. The van der Waals surface area contributed by atoms with Crippen LogP contribution in [0.2, 0.25) is 0 Å². The van der Waals surface area contributed by atoms with E-state index in [9.17, 15) is 9.18 Å². The van der Waals surface area contributed by atoms with Crippen molar-refractivity contribution in [2.75, 3.05) is 6.54 Å². The second kappa shape index (κ2) is 6.86. The summed E-state index contributed by atoms with van der Waals surface area (Å²) in [5.74, 6) is 0.504. The van der Waals surface area contributed by atoms with E-state index in [1.54, 1.807) is 18.4 Å². The lowest BCUT2D eigenvalue weighted by molar-refractivity contribution is -0.684. The van der Waals surface area contributed by atoms with E-state index in [0.717, 1.165) is 11.3 Å².